The highest BCUT2D eigenvalue weighted by Gasteiger charge is 2.19. The first-order valence-electron chi connectivity index (χ1n) is 6.78. The largest absolute Gasteiger partial charge is 0.173 e. The van der Waals surface area contributed by atoms with Gasteiger partial charge in [-0.1, -0.05) is 53.4 Å². The number of thiol groups is 2. The Labute approximate surface area is 114 Å². The summed E-state index contributed by atoms with van der Waals surface area (Å²) < 4.78 is 0.503. The number of hydrogen-bond donors (Lipinski definition) is 2. The van der Waals surface area contributed by atoms with Gasteiger partial charge in [0.05, 0.1) is 0 Å². The molecule has 0 unspecified atom stereocenters. The minimum absolute atomic E-state index is 0.208. The maximum Gasteiger partial charge on any atom is 0.0124 e. The Morgan fingerprint density at radius 2 is 1.19 bits per heavy atom. The molecule has 0 aromatic heterocycles. The highest BCUT2D eigenvalue weighted by atomic mass is 32.1. The molecule has 0 saturated carbocycles. The standard InChI is InChI=1S/C14H30S2/c1-5-14(16,6-2)12-10-8-7-9-11-13(3,4)15/h15-16H,5-12H2,1-4H3. The predicted molar refractivity (Wildman–Crippen MR) is 83.1 cm³/mol. The maximum absolute atomic E-state index is 4.78. The molecule has 0 bridgehead atoms. The van der Waals surface area contributed by atoms with Gasteiger partial charge in [-0.2, -0.15) is 25.3 Å². The van der Waals surface area contributed by atoms with Gasteiger partial charge in [-0.25, -0.2) is 0 Å². The van der Waals surface area contributed by atoms with Crippen LogP contribution >= 0.6 is 25.3 Å². The Morgan fingerprint density at radius 3 is 1.56 bits per heavy atom. The second-order valence-electron chi connectivity index (χ2n) is 5.66. The molecule has 0 N–H and O–H groups in total. The van der Waals surface area contributed by atoms with Crippen LogP contribution in [0.3, 0.4) is 0 Å². The van der Waals surface area contributed by atoms with Crippen LogP contribution in [0.15, 0.2) is 0 Å². The summed E-state index contributed by atoms with van der Waals surface area (Å²) in [6, 6.07) is 0. The van der Waals surface area contributed by atoms with Crippen molar-refractivity contribution in [2.75, 3.05) is 0 Å². The molecule has 0 nitrogen and oxygen atoms in total. The average Bonchev–Trinajstić information content (AvgIpc) is 2.21. The zero-order valence-electron chi connectivity index (χ0n) is 11.6. The van der Waals surface area contributed by atoms with E-state index in [4.69, 9.17) is 12.6 Å². The number of rotatable bonds is 9. The molecule has 16 heavy (non-hydrogen) atoms. The fraction of sp³-hybridized carbons (Fsp3) is 1.00. The molecular weight excluding hydrogens is 232 g/mol. The first-order chi connectivity index (χ1) is 7.33. The third kappa shape index (κ3) is 8.81. The van der Waals surface area contributed by atoms with Gasteiger partial charge in [0.1, 0.15) is 0 Å². The lowest BCUT2D eigenvalue weighted by atomic mass is 9.94. The third-order valence-corrected chi connectivity index (χ3v) is 4.58. The molecule has 0 rings (SSSR count). The van der Waals surface area contributed by atoms with Gasteiger partial charge >= 0.3 is 0 Å². The van der Waals surface area contributed by atoms with Crippen LogP contribution in [0.4, 0.5) is 0 Å². The Morgan fingerprint density at radius 1 is 0.750 bits per heavy atom. The van der Waals surface area contributed by atoms with Crippen molar-refractivity contribution < 1.29 is 0 Å². The summed E-state index contributed by atoms with van der Waals surface area (Å²) in [4.78, 5) is 0. The summed E-state index contributed by atoms with van der Waals surface area (Å²) in [5.41, 5.74) is 0. The van der Waals surface area contributed by atoms with E-state index < -0.39 is 0 Å². The molecule has 0 atom stereocenters. The van der Waals surface area contributed by atoms with E-state index in [0.717, 1.165) is 0 Å². The van der Waals surface area contributed by atoms with Gasteiger partial charge in [-0.15, -0.1) is 0 Å². The van der Waals surface area contributed by atoms with E-state index in [1.807, 2.05) is 0 Å². The van der Waals surface area contributed by atoms with E-state index >= 15 is 0 Å². The molecule has 0 aromatic carbocycles. The van der Waals surface area contributed by atoms with Crippen molar-refractivity contribution in [3.8, 4) is 0 Å². The van der Waals surface area contributed by atoms with Gasteiger partial charge in [0.15, 0.2) is 0 Å². The van der Waals surface area contributed by atoms with Crippen molar-refractivity contribution in [3.05, 3.63) is 0 Å². The third-order valence-electron chi connectivity index (χ3n) is 3.50. The van der Waals surface area contributed by atoms with Gasteiger partial charge in [-0.05, 0) is 25.7 Å². The summed E-state index contributed by atoms with van der Waals surface area (Å²) in [5.74, 6) is 0. The monoisotopic (exact) mass is 262 g/mol. The first-order valence-corrected chi connectivity index (χ1v) is 7.67. The van der Waals surface area contributed by atoms with Gasteiger partial charge in [0.25, 0.3) is 0 Å². The van der Waals surface area contributed by atoms with Gasteiger partial charge < -0.3 is 0 Å². The van der Waals surface area contributed by atoms with Gasteiger partial charge in [-0.3, -0.25) is 0 Å². The minimum atomic E-state index is 0.208. The molecule has 0 aliphatic heterocycles. The van der Waals surface area contributed by atoms with Crippen molar-refractivity contribution in [2.45, 2.75) is 88.6 Å². The lowest BCUT2D eigenvalue weighted by molar-refractivity contribution is 0.467. The van der Waals surface area contributed by atoms with Crippen LogP contribution in [0.1, 0.15) is 79.1 Å². The molecule has 0 aliphatic carbocycles. The topological polar surface area (TPSA) is 0 Å². The predicted octanol–water partition coefficient (Wildman–Crippen LogP) is 5.52. The Hall–Kier alpha value is 0.700. The quantitative estimate of drug-likeness (QED) is 0.396. The van der Waals surface area contributed by atoms with Gasteiger partial charge in [0, 0.05) is 9.49 Å². The average molecular weight is 263 g/mol. The van der Waals surface area contributed by atoms with Crippen molar-refractivity contribution in [1.29, 1.82) is 0 Å². The van der Waals surface area contributed by atoms with E-state index in [9.17, 15) is 0 Å². The second-order valence-corrected chi connectivity index (χ2v) is 7.82. The summed E-state index contributed by atoms with van der Waals surface area (Å²) >= 11 is 9.32. The fourth-order valence-electron chi connectivity index (χ4n) is 1.97. The van der Waals surface area contributed by atoms with E-state index in [1.54, 1.807) is 0 Å². The summed E-state index contributed by atoms with van der Waals surface area (Å²) in [5, 5.41) is 0. The van der Waals surface area contributed by atoms with Crippen LogP contribution in [0.25, 0.3) is 0 Å². The molecule has 0 aromatic rings. The molecule has 0 fully saturated rings. The molecular formula is C14H30S2. The molecule has 0 radical (unpaired) electrons. The van der Waals surface area contributed by atoms with Crippen molar-refractivity contribution in [3.63, 3.8) is 0 Å². The smallest absolute Gasteiger partial charge is 0.0124 e. The SMILES string of the molecule is CCC(S)(CC)CCCCCCC(C)(C)S. The van der Waals surface area contributed by atoms with Gasteiger partial charge in [0.2, 0.25) is 0 Å². The van der Waals surface area contributed by atoms with Crippen molar-refractivity contribution in [1.82, 2.24) is 0 Å². The van der Waals surface area contributed by atoms with E-state index in [0.29, 0.717) is 4.75 Å². The molecule has 98 valence electrons. The number of unbranched alkanes of at least 4 members (excludes halogenated alkanes) is 3. The molecule has 0 spiro atoms. The fourth-order valence-corrected chi connectivity index (χ4v) is 2.29. The van der Waals surface area contributed by atoms with E-state index in [-0.39, 0.29) is 4.75 Å². The second kappa shape index (κ2) is 7.92. The molecule has 0 amide bonds. The summed E-state index contributed by atoms with van der Waals surface area (Å²) in [7, 11) is 0. The Bertz CT molecular complexity index is 166. The lowest BCUT2D eigenvalue weighted by Crippen LogP contribution is -2.18. The van der Waals surface area contributed by atoms with Crippen LogP contribution in [0.5, 0.6) is 0 Å². The molecule has 2 heteroatoms. The Balaban J connectivity index is 3.47. The first kappa shape index (κ1) is 16.7. The van der Waals surface area contributed by atoms with Crippen LogP contribution in [0.2, 0.25) is 0 Å². The number of hydrogen-bond acceptors (Lipinski definition) is 2. The summed E-state index contributed by atoms with van der Waals surface area (Å²) in [6.45, 7) is 8.89. The zero-order chi connectivity index (χ0) is 12.7. The van der Waals surface area contributed by atoms with Crippen molar-refractivity contribution in [2.24, 2.45) is 0 Å². The zero-order valence-corrected chi connectivity index (χ0v) is 13.3. The molecule has 0 saturated heterocycles. The normalized spacial score (nSPS) is 13.1. The maximum atomic E-state index is 4.78. The lowest BCUT2D eigenvalue weighted by Gasteiger charge is -2.25. The summed E-state index contributed by atoms with van der Waals surface area (Å²) in [6.07, 6.45) is 10.2. The van der Waals surface area contributed by atoms with Crippen LogP contribution in [0, 0.1) is 0 Å². The van der Waals surface area contributed by atoms with Crippen LogP contribution in [-0.4, -0.2) is 9.49 Å². The van der Waals surface area contributed by atoms with E-state index in [1.165, 1.54) is 51.4 Å². The van der Waals surface area contributed by atoms with Crippen LogP contribution < -0.4 is 0 Å². The highest BCUT2D eigenvalue weighted by molar-refractivity contribution is 7.82. The highest BCUT2D eigenvalue weighted by Crippen LogP contribution is 2.30. The van der Waals surface area contributed by atoms with E-state index in [2.05, 4.69) is 40.3 Å². The Kier molecular flexibility index (Phi) is 8.26. The van der Waals surface area contributed by atoms with Crippen LogP contribution in [-0.2, 0) is 0 Å². The molecule has 0 aliphatic rings. The molecule has 0 heterocycles. The van der Waals surface area contributed by atoms with Crippen molar-refractivity contribution >= 4 is 25.3 Å². The minimum Gasteiger partial charge on any atom is -0.173 e.